The van der Waals surface area contributed by atoms with Crippen LogP contribution in [-0.2, 0) is 4.79 Å². The molecule has 1 amide bonds. The van der Waals surface area contributed by atoms with Gasteiger partial charge in [-0.15, -0.1) is 0 Å². The second-order valence-electron chi connectivity index (χ2n) is 6.53. The minimum Gasteiger partial charge on any atom is -0.368 e. The second kappa shape index (κ2) is 6.71. The van der Waals surface area contributed by atoms with E-state index in [1.807, 2.05) is 0 Å². The van der Waals surface area contributed by atoms with Crippen molar-refractivity contribution in [3.05, 3.63) is 0 Å². The number of piperidine rings is 1. The van der Waals surface area contributed by atoms with Crippen molar-refractivity contribution in [2.45, 2.75) is 70.5 Å². The van der Waals surface area contributed by atoms with Crippen molar-refractivity contribution in [1.29, 1.82) is 0 Å². The van der Waals surface area contributed by atoms with Crippen molar-refractivity contribution >= 4 is 5.91 Å². The van der Waals surface area contributed by atoms with Crippen LogP contribution in [0.4, 0.5) is 0 Å². The number of primary amides is 1. The van der Waals surface area contributed by atoms with Crippen LogP contribution in [0.15, 0.2) is 0 Å². The van der Waals surface area contributed by atoms with E-state index in [1.54, 1.807) is 0 Å². The summed E-state index contributed by atoms with van der Waals surface area (Å²) in [6.45, 7) is 6.05. The number of amides is 1. The van der Waals surface area contributed by atoms with Gasteiger partial charge in [-0.05, 0) is 38.1 Å². The highest BCUT2D eigenvalue weighted by Gasteiger charge is 2.34. The Bertz CT molecular complexity index is 304. The van der Waals surface area contributed by atoms with Crippen LogP contribution < -0.4 is 11.1 Å². The normalized spacial score (nSPS) is 30.1. The molecular formula is C15H29N3O. The van der Waals surface area contributed by atoms with Gasteiger partial charge in [-0.3, -0.25) is 9.69 Å². The van der Waals surface area contributed by atoms with E-state index in [2.05, 4.69) is 24.1 Å². The van der Waals surface area contributed by atoms with E-state index in [0.29, 0.717) is 12.1 Å². The highest BCUT2D eigenvalue weighted by Crippen LogP contribution is 2.35. The number of hydrogen-bond donors (Lipinski definition) is 2. The van der Waals surface area contributed by atoms with Crippen molar-refractivity contribution in [2.75, 3.05) is 13.1 Å². The number of nitrogens with two attached hydrogens (primary N) is 1. The first-order valence-electron chi connectivity index (χ1n) is 7.87. The Hall–Kier alpha value is -0.610. The maximum Gasteiger partial charge on any atom is 0.235 e. The summed E-state index contributed by atoms with van der Waals surface area (Å²) in [7, 11) is 0. The summed E-state index contributed by atoms with van der Waals surface area (Å²) in [5.41, 5.74) is 5.54. The van der Waals surface area contributed by atoms with Gasteiger partial charge in [-0.25, -0.2) is 0 Å². The molecular weight excluding hydrogens is 238 g/mol. The van der Waals surface area contributed by atoms with Crippen LogP contribution in [0.25, 0.3) is 0 Å². The van der Waals surface area contributed by atoms with Gasteiger partial charge in [0, 0.05) is 18.6 Å². The van der Waals surface area contributed by atoms with Gasteiger partial charge in [-0.2, -0.15) is 0 Å². The first-order chi connectivity index (χ1) is 9.08. The van der Waals surface area contributed by atoms with Crippen LogP contribution in [0.1, 0.15) is 52.4 Å². The Balaban J connectivity index is 1.96. The van der Waals surface area contributed by atoms with E-state index in [0.717, 1.165) is 19.0 Å². The highest BCUT2D eigenvalue weighted by atomic mass is 16.1. The fourth-order valence-electron chi connectivity index (χ4n) is 3.82. The summed E-state index contributed by atoms with van der Waals surface area (Å²) in [5, 5.41) is 3.31. The average Bonchev–Trinajstić information content (AvgIpc) is 2.37. The fraction of sp³-hybridized carbons (Fsp3) is 0.933. The molecule has 3 atom stereocenters. The van der Waals surface area contributed by atoms with E-state index in [-0.39, 0.29) is 11.9 Å². The minimum atomic E-state index is -0.216. The monoisotopic (exact) mass is 267 g/mol. The molecule has 1 aliphatic heterocycles. The van der Waals surface area contributed by atoms with Gasteiger partial charge < -0.3 is 11.1 Å². The van der Waals surface area contributed by atoms with Crippen LogP contribution in [-0.4, -0.2) is 42.0 Å². The standard InChI is InChI=1S/C15H29N3O/c1-11(2)17-13(15(16)19)10-18-9-5-7-12-6-3-4-8-14(12)18/h11-14,17H,3-10H2,1-2H3,(H2,16,19). The van der Waals surface area contributed by atoms with Crippen molar-refractivity contribution in [3.8, 4) is 0 Å². The van der Waals surface area contributed by atoms with E-state index in [4.69, 9.17) is 5.73 Å². The van der Waals surface area contributed by atoms with Crippen molar-refractivity contribution in [3.63, 3.8) is 0 Å². The summed E-state index contributed by atoms with van der Waals surface area (Å²) in [5.74, 6) is 0.640. The van der Waals surface area contributed by atoms with E-state index < -0.39 is 0 Å². The largest absolute Gasteiger partial charge is 0.368 e. The van der Waals surface area contributed by atoms with Crippen molar-refractivity contribution < 1.29 is 4.79 Å². The molecule has 4 nitrogen and oxygen atoms in total. The third kappa shape index (κ3) is 3.93. The number of likely N-dealkylation sites (tertiary alicyclic amines) is 1. The molecule has 1 heterocycles. The second-order valence-corrected chi connectivity index (χ2v) is 6.53. The molecule has 1 saturated carbocycles. The van der Waals surface area contributed by atoms with E-state index >= 15 is 0 Å². The molecule has 110 valence electrons. The lowest BCUT2D eigenvalue weighted by Gasteiger charge is -2.45. The number of rotatable bonds is 5. The maximum absolute atomic E-state index is 11.6. The summed E-state index contributed by atoms with van der Waals surface area (Å²) < 4.78 is 0. The Morgan fingerprint density at radius 2 is 1.95 bits per heavy atom. The number of nitrogens with zero attached hydrogens (tertiary/aromatic N) is 1. The first-order valence-corrected chi connectivity index (χ1v) is 7.87. The molecule has 0 bridgehead atoms. The molecule has 2 aliphatic rings. The number of fused-ring (bicyclic) bond motifs is 1. The van der Waals surface area contributed by atoms with Gasteiger partial charge in [0.15, 0.2) is 0 Å². The Labute approximate surface area is 117 Å². The van der Waals surface area contributed by atoms with Crippen molar-refractivity contribution in [2.24, 2.45) is 11.7 Å². The molecule has 4 heteroatoms. The minimum absolute atomic E-state index is 0.208. The van der Waals surface area contributed by atoms with Gasteiger partial charge in [0.25, 0.3) is 0 Å². The molecule has 0 aromatic carbocycles. The van der Waals surface area contributed by atoms with E-state index in [1.165, 1.54) is 38.5 Å². The quantitative estimate of drug-likeness (QED) is 0.793. The van der Waals surface area contributed by atoms with Gasteiger partial charge in [0.05, 0.1) is 6.04 Å². The molecule has 0 aromatic rings. The Morgan fingerprint density at radius 3 is 2.63 bits per heavy atom. The lowest BCUT2D eigenvalue weighted by molar-refractivity contribution is -0.121. The molecule has 0 aromatic heterocycles. The van der Waals surface area contributed by atoms with Gasteiger partial charge >= 0.3 is 0 Å². The van der Waals surface area contributed by atoms with E-state index in [9.17, 15) is 4.79 Å². The lowest BCUT2D eigenvalue weighted by atomic mass is 9.78. The smallest absolute Gasteiger partial charge is 0.235 e. The SMILES string of the molecule is CC(C)NC(CN1CCCC2CCCCC21)C(N)=O. The Morgan fingerprint density at radius 1 is 1.26 bits per heavy atom. The molecule has 0 radical (unpaired) electrons. The molecule has 3 unspecified atom stereocenters. The zero-order valence-corrected chi connectivity index (χ0v) is 12.4. The molecule has 1 aliphatic carbocycles. The molecule has 1 saturated heterocycles. The van der Waals surface area contributed by atoms with Gasteiger partial charge in [0.1, 0.15) is 0 Å². The molecule has 2 rings (SSSR count). The lowest BCUT2D eigenvalue weighted by Crippen LogP contribution is -2.56. The number of carbonyl (C=O) groups excluding carboxylic acids is 1. The van der Waals surface area contributed by atoms with Crippen LogP contribution in [0, 0.1) is 5.92 Å². The average molecular weight is 267 g/mol. The van der Waals surface area contributed by atoms with Gasteiger partial charge in [-0.1, -0.05) is 26.7 Å². The van der Waals surface area contributed by atoms with Gasteiger partial charge in [0.2, 0.25) is 5.91 Å². The fourth-order valence-corrected chi connectivity index (χ4v) is 3.82. The molecule has 0 spiro atoms. The third-order valence-electron chi connectivity index (χ3n) is 4.65. The van der Waals surface area contributed by atoms with Crippen LogP contribution in [0.3, 0.4) is 0 Å². The maximum atomic E-state index is 11.6. The number of nitrogens with one attached hydrogen (secondary N) is 1. The zero-order chi connectivity index (χ0) is 13.8. The summed E-state index contributed by atoms with van der Waals surface area (Å²) >= 11 is 0. The van der Waals surface area contributed by atoms with Crippen LogP contribution in [0.2, 0.25) is 0 Å². The summed E-state index contributed by atoms with van der Waals surface area (Å²) in [6.07, 6.45) is 8.06. The summed E-state index contributed by atoms with van der Waals surface area (Å²) in [4.78, 5) is 14.1. The molecule has 2 fully saturated rings. The van der Waals surface area contributed by atoms with Crippen LogP contribution in [0.5, 0.6) is 0 Å². The topological polar surface area (TPSA) is 58.4 Å². The zero-order valence-electron chi connectivity index (χ0n) is 12.4. The Kier molecular flexibility index (Phi) is 5.22. The van der Waals surface area contributed by atoms with Crippen molar-refractivity contribution in [1.82, 2.24) is 10.2 Å². The number of carbonyl (C=O) groups is 1. The van der Waals surface area contributed by atoms with Crippen LogP contribution >= 0.6 is 0 Å². The predicted molar refractivity (Wildman–Crippen MR) is 77.8 cm³/mol. The number of hydrogen-bond acceptors (Lipinski definition) is 3. The molecule has 19 heavy (non-hydrogen) atoms. The third-order valence-corrected chi connectivity index (χ3v) is 4.65. The molecule has 3 N–H and O–H groups in total. The highest BCUT2D eigenvalue weighted by molar-refractivity contribution is 5.80. The first kappa shape index (κ1) is 14.8. The predicted octanol–water partition coefficient (Wildman–Crippen LogP) is 1.49. The summed E-state index contributed by atoms with van der Waals surface area (Å²) in [6, 6.07) is 0.781.